The number of halogens is 8. The Hall–Kier alpha value is -3.44. The SMILES string of the molecule is Fc1ccc(C(F)(F)F)cc1Oc1cc(Oc2cc(C(F)(F)F)ccc2F)ncn1. The maximum absolute atomic E-state index is 13.8. The molecule has 0 saturated heterocycles. The van der Waals surface area contributed by atoms with E-state index in [0.29, 0.717) is 36.4 Å². The first-order chi connectivity index (χ1) is 13.9. The number of aromatic nitrogens is 2. The van der Waals surface area contributed by atoms with Crippen LogP contribution in [-0.4, -0.2) is 9.97 Å². The van der Waals surface area contributed by atoms with Gasteiger partial charge in [-0.1, -0.05) is 0 Å². The molecule has 0 saturated carbocycles. The van der Waals surface area contributed by atoms with Gasteiger partial charge in [-0.2, -0.15) is 26.3 Å². The fraction of sp³-hybridized carbons (Fsp3) is 0.111. The first-order valence-corrected chi connectivity index (χ1v) is 7.85. The van der Waals surface area contributed by atoms with Gasteiger partial charge in [0.1, 0.15) is 6.33 Å². The fourth-order valence-corrected chi connectivity index (χ4v) is 2.18. The molecule has 158 valence electrons. The summed E-state index contributed by atoms with van der Waals surface area (Å²) in [5.74, 6) is -4.89. The summed E-state index contributed by atoms with van der Waals surface area (Å²) in [6.45, 7) is 0. The van der Waals surface area contributed by atoms with Crippen molar-refractivity contribution >= 4 is 0 Å². The van der Waals surface area contributed by atoms with Crippen LogP contribution in [-0.2, 0) is 12.4 Å². The number of alkyl halides is 6. The van der Waals surface area contributed by atoms with Crippen LogP contribution in [0.4, 0.5) is 35.1 Å². The normalized spacial score (nSPS) is 12.0. The molecule has 0 aliphatic heterocycles. The van der Waals surface area contributed by atoms with Crippen LogP contribution in [0.15, 0.2) is 48.8 Å². The van der Waals surface area contributed by atoms with Gasteiger partial charge < -0.3 is 9.47 Å². The minimum Gasteiger partial charge on any atom is -0.436 e. The molecular formula is C18H8F8N2O2. The van der Waals surface area contributed by atoms with Crippen LogP contribution < -0.4 is 9.47 Å². The fourth-order valence-electron chi connectivity index (χ4n) is 2.18. The second kappa shape index (κ2) is 7.76. The van der Waals surface area contributed by atoms with Gasteiger partial charge in [-0.05, 0) is 36.4 Å². The summed E-state index contributed by atoms with van der Waals surface area (Å²) < 4.78 is 114. The molecular weight excluding hydrogens is 428 g/mol. The zero-order chi connectivity index (χ0) is 22.1. The monoisotopic (exact) mass is 436 g/mol. The standard InChI is InChI=1S/C18H8F8N2O2/c19-11-3-1-9(17(21,22)23)5-13(11)29-15-7-16(28-8-27-15)30-14-6-10(18(24,25)26)2-4-12(14)20/h1-8H. The number of ether oxygens (including phenoxy) is 2. The lowest BCUT2D eigenvalue weighted by atomic mass is 10.2. The van der Waals surface area contributed by atoms with Crippen molar-refractivity contribution in [3.05, 3.63) is 71.6 Å². The average molecular weight is 436 g/mol. The molecule has 0 aliphatic rings. The average Bonchev–Trinajstić information content (AvgIpc) is 2.64. The second-order valence-corrected chi connectivity index (χ2v) is 5.68. The summed E-state index contributed by atoms with van der Waals surface area (Å²) in [5, 5.41) is 0. The zero-order valence-electron chi connectivity index (χ0n) is 14.4. The third kappa shape index (κ3) is 4.93. The second-order valence-electron chi connectivity index (χ2n) is 5.68. The number of hydrogen-bond acceptors (Lipinski definition) is 4. The quantitative estimate of drug-likeness (QED) is 0.446. The topological polar surface area (TPSA) is 44.2 Å². The summed E-state index contributed by atoms with van der Waals surface area (Å²) in [4.78, 5) is 7.11. The molecule has 0 atom stereocenters. The molecule has 0 unspecified atom stereocenters. The van der Waals surface area contributed by atoms with E-state index in [9.17, 15) is 35.1 Å². The predicted molar refractivity (Wildman–Crippen MR) is 85.0 cm³/mol. The smallest absolute Gasteiger partial charge is 0.416 e. The molecule has 1 aromatic heterocycles. The minimum absolute atomic E-state index is 0.393. The number of rotatable bonds is 4. The lowest BCUT2D eigenvalue weighted by molar-refractivity contribution is -0.138. The molecule has 0 bridgehead atoms. The van der Waals surface area contributed by atoms with Crippen LogP contribution in [0.1, 0.15) is 11.1 Å². The van der Waals surface area contributed by atoms with Gasteiger partial charge in [0.2, 0.25) is 11.8 Å². The van der Waals surface area contributed by atoms with E-state index >= 15 is 0 Å². The molecule has 0 amide bonds. The van der Waals surface area contributed by atoms with E-state index in [1.165, 1.54) is 0 Å². The molecule has 0 radical (unpaired) electrons. The van der Waals surface area contributed by atoms with Crippen molar-refractivity contribution in [2.24, 2.45) is 0 Å². The molecule has 12 heteroatoms. The molecule has 1 heterocycles. The molecule has 30 heavy (non-hydrogen) atoms. The van der Waals surface area contributed by atoms with Gasteiger partial charge in [-0.3, -0.25) is 0 Å². The molecule has 2 aromatic carbocycles. The number of hydrogen-bond donors (Lipinski definition) is 0. The summed E-state index contributed by atoms with van der Waals surface area (Å²) in [5.41, 5.74) is -2.37. The van der Waals surface area contributed by atoms with Gasteiger partial charge in [0.05, 0.1) is 17.2 Å². The van der Waals surface area contributed by atoms with Gasteiger partial charge in [-0.15, -0.1) is 0 Å². The summed E-state index contributed by atoms with van der Waals surface area (Å²) in [7, 11) is 0. The van der Waals surface area contributed by atoms with Crippen molar-refractivity contribution in [1.29, 1.82) is 0 Å². The Morgan fingerprint density at radius 1 is 0.600 bits per heavy atom. The van der Waals surface area contributed by atoms with E-state index < -0.39 is 58.4 Å². The van der Waals surface area contributed by atoms with Crippen LogP contribution >= 0.6 is 0 Å². The maximum atomic E-state index is 13.8. The lowest BCUT2D eigenvalue weighted by Crippen LogP contribution is -2.06. The minimum atomic E-state index is -4.76. The number of nitrogens with zero attached hydrogens (tertiary/aromatic N) is 2. The van der Waals surface area contributed by atoms with Crippen molar-refractivity contribution < 1.29 is 44.6 Å². The van der Waals surface area contributed by atoms with E-state index in [0.717, 1.165) is 12.4 Å². The molecule has 3 aromatic rings. The summed E-state index contributed by atoms with van der Waals surface area (Å²) >= 11 is 0. The Labute approximate surface area is 162 Å². The van der Waals surface area contributed by atoms with Crippen LogP contribution in [0.5, 0.6) is 23.3 Å². The van der Waals surface area contributed by atoms with Gasteiger partial charge in [0.25, 0.3) is 0 Å². The summed E-state index contributed by atoms with van der Waals surface area (Å²) in [6.07, 6.45) is -8.73. The Morgan fingerprint density at radius 3 is 1.37 bits per heavy atom. The van der Waals surface area contributed by atoms with E-state index in [2.05, 4.69) is 9.97 Å². The van der Waals surface area contributed by atoms with Crippen molar-refractivity contribution in [1.82, 2.24) is 9.97 Å². The Bertz CT molecular complexity index is 986. The van der Waals surface area contributed by atoms with E-state index in [-0.39, 0.29) is 0 Å². The molecule has 0 spiro atoms. The molecule has 0 N–H and O–H groups in total. The number of benzene rings is 2. The summed E-state index contributed by atoms with van der Waals surface area (Å²) in [6, 6.07) is 3.71. The van der Waals surface area contributed by atoms with Crippen LogP contribution in [0.2, 0.25) is 0 Å². The van der Waals surface area contributed by atoms with E-state index in [1.807, 2.05) is 0 Å². The first kappa shape index (κ1) is 21.3. The van der Waals surface area contributed by atoms with Gasteiger partial charge in [0, 0.05) is 0 Å². The van der Waals surface area contributed by atoms with Gasteiger partial charge in [0.15, 0.2) is 23.1 Å². The Morgan fingerprint density at radius 2 is 1.00 bits per heavy atom. The van der Waals surface area contributed by atoms with E-state index in [1.54, 1.807) is 0 Å². The van der Waals surface area contributed by atoms with Crippen molar-refractivity contribution in [3.8, 4) is 23.3 Å². The third-order valence-electron chi connectivity index (χ3n) is 3.56. The highest BCUT2D eigenvalue weighted by Crippen LogP contribution is 2.36. The highest BCUT2D eigenvalue weighted by atomic mass is 19.4. The highest BCUT2D eigenvalue weighted by molar-refractivity contribution is 5.37. The molecule has 0 aliphatic carbocycles. The van der Waals surface area contributed by atoms with Crippen LogP contribution in [0.25, 0.3) is 0 Å². The Kier molecular flexibility index (Phi) is 5.51. The van der Waals surface area contributed by atoms with Crippen LogP contribution in [0, 0.1) is 11.6 Å². The largest absolute Gasteiger partial charge is 0.436 e. The van der Waals surface area contributed by atoms with Crippen molar-refractivity contribution in [2.75, 3.05) is 0 Å². The molecule has 0 fully saturated rings. The predicted octanol–water partition coefficient (Wildman–Crippen LogP) is 6.38. The Balaban J connectivity index is 1.86. The lowest BCUT2D eigenvalue weighted by Gasteiger charge is -2.12. The van der Waals surface area contributed by atoms with Crippen molar-refractivity contribution in [2.45, 2.75) is 12.4 Å². The molecule has 4 nitrogen and oxygen atoms in total. The third-order valence-corrected chi connectivity index (χ3v) is 3.56. The van der Waals surface area contributed by atoms with Crippen molar-refractivity contribution in [3.63, 3.8) is 0 Å². The zero-order valence-corrected chi connectivity index (χ0v) is 14.4. The highest BCUT2D eigenvalue weighted by Gasteiger charge is 2.32. The maximum Gasteiger partial charge on any atom is 0.416 e. The van der Waals surface area contributed by atoms with E-state index in [4.69, 9.17) is 9.47 Å². The van der Waals surface area contributed by atoms with Gasteiger partial charge >= 0.3 is 12.4 Å². The van der Waals surface area contributed by atoms with Crippen LogP contribution in [0.3, 0.4) is 0 Å². The molecule has 3 rings (SSSR count). The first-order valence-electron chi connectivity index (χ1n) is 7.85. The van der Waals surface area contributed by atoms with Gasteiger partial charge in [-0.25, -0.2) is 18.7 Å².